The average Bonchev–Trinajstić information content (AvgIpc) is 2.42. The van der Waals surface area contributed by atoms with Crippen molar-refractivity contribution < 1.29 is 19.7 Å². The van der Waals surface area contributed by atoms with Crippen LogP contribution in [0.1, 0.15) is 49.9 Å². The van der Waals surface area contributed by atoms with Gasteiger partial charge in [-0.1, -0.05) is 38.0 Å². The highest BCUT2D eigenvalue weighted by Crippen LogP contribution is 2.13. The molecule has 0 fully saturated rings. The summed E-state index contributed by atoms with van der Waals surface area (Å²) in [5, 5.41) is 9.38. The molecule has 1 N–H and O–H groups in total. The Morgan fingerprint density at radius 2 is 2.00 bits per heavy atom. The van der Waals surface area contributed by atoms with E-state index < -0.39 is 12.1 Å². The molecule has 19 heavy (non-hydrogen) atoms. The molecule has 1 aromatic carbocycles. The number of hydrogen-bond acceptors (Lipinski definition) is 4. The van der Waals surface area contributed by atoms with Crippen LogP contribution in [0.3, 0.4) is 0 Å². The van der Waals surface area contributed by atoms with E-state index in [2.05, 4.69) is 6.92 Å². The van der Waals surface area contributed by atoms with Crippen molar-refractivity contribution in [1.82, 2.24) is 0 Å². The van der Waals surface area contributed by atoms with Crippen LogP contribution in [0, 0.1) is 0 Å². The van der Waals surface area contributed by atoms with Crippen LogP contribution >= 0.6 is 0 Å². The molecule has 4 heteroatoms. The number of benzene rings is 1. The Bertz CT molecular complexity index is 362. The highest BCUT2D eigenvalue weighted by atomic mass is 17.2. The molecule has 0 aliphatic heterocycles. The van der Waals surface area contributed by atoms with Crippen LogP contribution in [0.4, 0.5) is 0 Å². The minimum absolute atomic E-state index is 0.257. The molecule has 0 spiro atoms. The number of hydrogen-bond donors (Lipinski definition) is 1. The maximum absolute atomic E-state index is 11.7. The van der Waals surface area contributed by atoms with Gasteiger partial charge in [0.25, 0.3) is 0 Å². The molecule has 0 aliphatic carbocycles. The van der Waals surface area contributed by atoms with Crippen molar-refractivity contribution in [3.8, 4) is 0 Å². The molecule has 2 unspecified atom stereocenters. The van der Waals surface area contributed by atoms with E-state index in [1.54, 1.807) is 31.2 Å². The zero-order valence-corrected chi connectivity index (χ0v) is 11.5. The third-order valence-electron chi connectivity index (χ3n) is 2.75. The van der Waals surface area contributed by atoms with Crippen LogP contribution in [0.25, 0.3) is 0 Å². The molecule has 4 nitrogen and oxygen atoms in total. The van der Waals surface area contributed by atoms with Crippen molar-refractivity contribution in [2.75, 3.05) is 0 Å². The Kier molecular flexibility index (Phi) is 7.15. The number of aliphatic hydroxyl groups is 1. The third-order valence-corrected chi connectivity index (χ3v) is 2.75. The lowest BCUT2D eigenvalue weighted by molar-refractivity contribution is -0.280. The van der Waals surface area contributed by atoms with E-state index >= 15 is 0 Å². The molecular formula is C15H22O4. The molecular weight excluding hydrogens is 244 g/mol. The lowest BCUT2D eigenvalue weighted by atomic mass is 10.1. The second-order valence-corrected chi connectivity index (χ2v) is 4.68. The van der Waals surface area contributed by atoms with Crippen molar-refractivity contribution in [2.45, 2.75) is 51.7 Å². The van der Waals surface area contributed by atoms with E-state index in [9.17, 15) is 9.90 Å². The first-order chi connectivity index (χ1) is 9.13. The molecule has 0 aromatic heterocycles. The van der Waals surface area contributed by atoms with Crippen LogP contribution in [0.2, 0.25) is 0 Å². The second-order valence-electron chi connectivity index (χ2n) is 4.68. The predicted molar refractivity (Wildman–Crippen MR) is 72.6 cm³/mol. The Labute approximate surface area is 114 Å². The van der Waals surface area contributed by atoms with Gasteiger partial charge in [0.2, 0.25) is 0 Å². The number of aliphatic hydroxyl groups excluding tert-OH is 1. The smallest absolute Gasteiger partial charge is 0.373 e. The van der Waals surface area contributed by atoms with Gasteiger partial charge in [-0.2, -0.15) is 4.89 Å². The van der Waals surface area contributed by atoms with Gasteiger partial charge in [0, 0.05) is 6.42 Å². The summed E-state index contributed by atoms with van der Waals surface area (Å²) >= 11 is 0. The quantitative estimate of drug-likeness (QED) is 0.580. The summed E-state index contributed by atoms with van der Waals surface area (Å²) in [6.45, 7) is 3.77. The summed E-state index contributed by atoms with van der Waals surface area (Å²) in [6, 6.07) is 8.69. The van der Waals surface area contributed by atoms with Crippen LogP contribution in [0.15, 0.2) is 30.3 Å². The van der Waals surface area contributed by atoms with Crippen molar-refractivity contribution >= 4 is 5.97 Å². The topological polar surface area (TPSA) is 55.8 Å². The van der Waals surface area contributed by atoms with E-state index in [4.69, 9.17) is 9.78 Å². The Morgan fingerprint density at radius 3 is 2.58 bits per heavy atom. The van der Waals surface area contributed by atoms with E-state index in [1.807, 2.05) is 6.07 Å². The first kappa shape index (κ1) is 15.7. The SMILES string of the molecule is CCCCC(CC(C)O)OOC(=O)c1ccccc1. The van der Waals surface area contributed by atoms with E-state index in [0.717, 1.165) is 19.3 Å². The van der Waals surface area contributed by atoms with Gasteiger partial charge >= 0.3 is 5.97 Å². The van der Waals surface area contributed by atoms with Gasteiger partial charge in [0.1, 0.15) is 6.10 Å². The van der Waals surface area contributed by atoms with Gasteiger partial charge in [0.15, 0.2) is 0 Å². The number of unbranched alkanes of at least 4 members (excludes halogenated alkanes) is 1. The first-order valence-electron chi connectivity index (χ1n) is 6.74. The molecule has 1 rings (SSSR count). The molecule has 1 aromatic rings. The number of carbonyl (C=O) groups excluding carboxylic acids is 1. The van der Waals surface area contributed by atoms with Gasteiger partial charge in [-0.3, -0.25) is 4.89 Å². The monoisotopic (exact) mass is 266 g/mol. The Hall–Kier alpha value is -1.39. The fourth-order valence-electron chi connectivity index (χ4n) is 1.75. The van der Waals surface area contributed by atoms with Gasteiger partial charge in [-0.05, 0) is 25.5 Å². The highest BCUT2D eigenvalue weighted by Gasteiger charge is 2.16. The van der Waals surface area contributed by atoms with Gasteiger partial charge < -0.3 is 5.11 Å². The lowest BCUT2D eigenvalue weighted by Crippen LogP contribution is -2.21. The summed E-state index contributed by atoms with van der Waals surface area (Å²) in [4.78, 5) is 21.7. The molecule has 0 saturated heterocycles. The summed E-state index contributed by atoms with van der Waals surface area (Å²) < 4.78 is 0. The zero-order chi connectivity index (χ0) is 14.1. The Balaban J connectivity index is 2.44. The molecule has 0 bridgehead atoms. The molecule has 0 amide bonds. The summed E-state index contributed by atoms with van der Waals surface area (Å²) in [7, 11) is 0. The van der Waals surface area contributed by atoms with Crippen molar-refractivity contribution in [3.63, 3.8) is 0 Å². The standard InChI is InChI=1S/C15H22O4/c1-3-4-10-14(11-12(2)16)18-19-15(17)13-8-6-5-7-9-13/h5-9,12,14,16H,3-4,10-11H2,1-2H3. The van der Waals surface area contributed by atoms with E-state index in [0.29, 0.717) is 12.0 Å². The molecule has 0 saturated carbocycles. The third kappa shape index (κ3) is 6.36. The van der Waals surface area contributed by atoms with Crippen molar-refractivity contribution in [2.24, 2.45) is 0 Å². The fourth-order valence-corrected chi connectivity index (χ4v) is 1.75. The highest BCUT2D eigenvalue weighted by molar-refractivity contribution is 5.88. The predicted octanol–water partition coefficient (Wildman–Crippen LogP) is 3.10. The van der Waals surface area contributed by atoms with Crippen molar-refractivity contribution in [3.05, 3.63) is 35.9 Å². The second kappa shape index (κ2) is 8.67. The molecule has 2 atom stereocenters. The lowest BCUT2D eigenvalue weighted by Gasteiger charge is -2.17. The van der Waals surface area contributed by atoms with Crippen molar-refractivity contribution in [1.29, 1.82) is 0 Å². The van der Waals surface area contributed by atoms with Crippen LogP contribution < -0.4 is 0 Å². The summed E-state index contributed by atoms with van der Waals surface area (Å²) in [5.74, 6) is -0.507. The minimum atomic E-state index is -0.507. The summed E-state index contributed by atoms with van der Waals surface area (Å²) in [6.07, 6.45) is 2.50. The van der Waals surface area contributed by atoms with Gasteiger partial charge in [-0.25, -0.2) is 4.79 Å². The maximum atomic E-state index is 11.7. The van der Waals surface area contributed by atoms with Crippen LogP contribution in [0.5, 0.6) is 0 Å². The molecule has 106 valence electrons. The molecule has 0 aliphatic rings. The first-order valence-corrected chi connectivity index (χ1v) is 6.74. The molecule has 0 radical (unpaired) electrons. The Morgan fingerprint density at radius 1 is 1.32 bits per heavy atom. The van der Waals surface area contributed by atoms with Crippen LogP contribution in [-0.4, -0.2) is 23.3 Å². The average molecular weight is 266 g/mol. The normalized spacial score (nSPS) is 13.8. The number of rotatable bonds is 8. The van der Waals surface area contributed by atoms with Gasteiger partial charge in [-0.15, -0.1) is 0 Å². The minimum Gasteiger partial charge on any atom is -0.393 e. The fraction of sp³-hybridized carbons (Fsp3) is 0.533. The van der Waals surface area contributed by atoms with E-state index in [-0.39, 0.29) is 6.10 Å². The van der Waals surface area contributed by atoms with Gasteiger partial charge in [0.05, 0.1) is 11.7 Å². The zero-order valence-electron chi connectivity index (χ0n) is 11.5. The summed E-state index contributed by atoms with van der Waals surface area (Å²) in [5.41, 5.74) is 0.453. The maximum Gasteiger partial charge on any atom is 0.373 e. The molecule has 0 heterocycles. The number of carbonyl (C=O) groups is 1. The largest absolute Gasteiger partial charge is 0.393 e. The van der Waals surface area contributed by atoms with E-state index in [1.165, 1.54) is 0 Å². The van der Waals surface area contributed by atoms with Crippen LogP contribution in [-0.2, 0) is 9.78 Å².